The first-order valence-corrected chi connectivity index (χ1v) is 12.2. The molecule has 0 heterocycles. The normalized spacial score (nSPS) is 11.6. The highest BCUT2D eigenvalue weighted by molar-refractivity contribution is 7.99. The summed E-state index contributed by atoms with van der Waals surface area (Å²) in [6.45, 7) is 4.83. The average molecular weight is 461 g/mol. The molecule has 7 heteroatoms. The van der Waals surface area contributed by atoms with Crippen molar-refractivity contribution in [3.8, 4) is 5.75 Å². The predicted molar refractivity (Wildman–Crippen MR) is 128 cm³/mol. The zero-order valence-electron chi connectivity index (χ0n) is 19.1. The Balaban J connectivity index is 2.07. The van der Waals surface area contributed by atoms with E-state index in [9.17, 15) is 14.0 Å². The molecule has 1 atom stereocenters. The van der Waals surface area contributed by atoms with Crippen molar-refractivity contribution in [2.75, 3.05) is 19.4 Å². The second-order valence-electron chi connectivity index (χ2n) is 7.56. The third kappa shape index (κ3) is 8.19. The van der Waals surface area contributed by atoms with E-state index in [1.807, 2.05) is 31.2 Å². The highest BCUT2D eigenvalue weighted by Gasteiger charge is 2.28. The smallest absolute Gasteiger partial charge is 0.242 e. The maximum atomic E-state index is 13.3. The van der Waals surface area contributed by atoms with Gasteiger partial charge in [0.1, 0.15) is 17.6 Å². The van der Waals surface area contributed by atoms with Gasteiger partial charge in [-0.3, -0.25) is 9.59 Å². The number of nitrogens with zero attached hydrogens (tertiary/aromatic N) is 1. The zero-order chi connectivity index (χ0) is 23.3. The number of methoxy groups -OCH3 is 1. The van der Waals surface area contributed by atoms with Crippen LogP contribution in [-0.4, -0.2) is 42.2 Å². The number of carbonyl (C=O) groups is 2. The van der Waals surface area contributed by atoms with E-state index in [0.717, 1.165) is 29.7 Å². The number of halogens is 1. The van der Waals surface area contributed by atoms with Gasteiger partial charge < -0.3 is 15.0 Å². The monoisotopic (exact) mass is 460 g/mol. The summed E-state index contributed by atoms with van der Waals surface area (Å²) in [5.74, 6) is 1.15. The molecule has 0 spiro atoms. The first kappa shape index (κ1) is 25.7. The van der Waals surface area contributed by atoms with Crippen molar-refractivity contribution in [3.05, 3.63) is 65.5 Å². The van der Waals surface area contributed by atoms with E-state index in [0.29, 0.717) is 18.7 Å². The van der Waals surface area contributed by atoms with Gasteiger partial charge in [-0.25, -0.2) is 4.39 Å². The highest BCUT2D eigenvalue weighted by Crippen LogP contribution is 2.19. The summed E-state index contributed by atoms with van der Waals surface area (Å²) in [4.78, 5) is 27.6. The minimum atomic E-state index is -0.564. The van der Waals surface area contributed by atoms with E-state index in [1.165, 1.54) is 23.9 Å². The van der Waals surface area contributed by atoms with Gasteiger partial charge in [0.15, 0.2) is 0 Å². The Hall–Kier alpha value is -2.54. The van der Waals surface area contributed by atoms with Crippen molar-refractivity contribution in [1.82, 2.24) is 10.2 Å². The van der Waals surface area contributed by atoms with E-state index in [-0.39, 0.29) is 29.9 Å². The molecule has 2 aromatic carbocycles. The highest BCUT2D eigenvalue weighted by atomic mass is 32.2. The Kier molecular flexibility index (Phi) is 11.1. The van der Waals surface area contributed by atoms with Gasteiger partial charge in [0, 0.05) is 18.8 Å². The fourth-order valence-electron chi connectivity index (χ4n) is 3.27. The van der Waals surface area contributed by atoms with Crippen LogP contribution in [0.15, 0.2) is 48.5 Å². The molecule has 0 aliphatic rings. The average Bonchev–Trinajstić information content (AvgIpc) is 2.80. The second-order valence-corrected chi connectivity index (χ2v) is 8.54. The van der Waals surface area contributed by atoms with Crippen LogP contribution in [0.2, 0.25) is 0 Å². The predicted octanol–water partition coefficient (Wildman–Crippen LogP) is 4.79. The molecule has 0 aromatic heterocycles. The van der Waals surface area contributed by atoms with Crippen molar-refractivity contribution in [2.45, 2.75) is 51.4 Å². The van der Waals surface area contributed by atoms with E-state index < -0.39 is 6.04 Å². The molecular weight excluding hydrogens is 427 g/mol. The van der Waals surface area contributed by atoms with Crippen LogP contribution in [0.3, 0.4) is 0 Å². The van der Waals surface area contributed by atoms with Gasteiger partial charge >= 0.3 is 0 Å². The summed E-state index contributed by atoms with van der Waals surface area (Å²) in [7, 11) is 1.63. The number of thioether (sulfide) groups is 1. The summed E-state index contributed by atoms with van der Waals surface area (Å²) in [5, 5.41) is 2.95. The molecule has 0 aliphatic carbocycles. The summed E-state index contributed by atoms with van der Waals surface area (Å²) >= 11 is 1.51. The molecular formula is C25H33FN2O3S. The number of hydrogen-bond acceptors (Lipinski definition) is 4. The number of nitrogens with one attached hydrogen (secondary N) is 1. The number of rotatable bonds is 13. The maximum Gasteiger partial charge on any atom is 0.242 e. The second kappa shape index (κ2) is 13.8. The van der Waals surface area contributed by atoms with Gasteiger partial charge in [-0.2, -0.15) is 0 Å². The lowest BCUT2D eigenvalue weighted by molar-refractivity contribution is -0.139. The lowest BCUT2D eigenvalue weighted by Gasteiger charge is -2.30. The van der Waals surface area contributed by atoms with Crippen molar-refractivity contribution >= 4 is 23.6 Å². The molecule has 0 saturated carbocycles. The Morgan fingerprint density at radius 3 is 2.31 bits per heavy atom. The molecule has 5 nitrogen and oxygen atoms in total. The van der Waals surface area contributed by atoms with Crippen LogP contribution in [0.1, 0.15) is 44.2 Å². The number of benzene rings is 2. The summed E-state index contributed by atoms with van der Waals surface area (Å²) < 4.78 is 18.5. The van der Waals surface area contributed by atoms with Crippen LogP contribution < -0.4 is 10.1 Å². The third-order valence-electron chi connectivity index (χ3n) is 5.13. The molecule has 2 rings (SSSR count). The minimum Gasteiger partial charge on any atom is -0.497 e. The summed E-state index contributed by atoms with van der Waals surface area (Å²) in [6.07, 6.45) is 2.39. The van der Waals surface area contributed by atoms with Crippen molar-refractivity contribution in [1.29, 1.82) is 0 Å². The fourth-order valence-corrected chi connectivity index (χ4v) is 4.14. The fraction of sp³-hybridized carbons (Fsp3) is 0.440. The van der Waals surface area contributed by atoms with E-state index in [1.54, 1.807) is 24.1 Å². The van der Waals surface area contributed by atoms with Crippen LogP contribution >= 0.6 is 11.8 Å². The Morgan fingerprint density at radius 1 is 1.06 bits per heavy atom. The Bertz CT molecular complexity index is 843. The molecule has 0 aliphatic heterocycles. The van der Waals surface area contributed by atoms with Crippen LogP contribution in [-0.2, 0) is 21.9 Å². The van der Waals surface area contributed by atoms with Crippen molar-refractivity contribution in [3.63, 3.8) is 0 Å². The van der Waals surface area contributed by atoms with E-state index >= 15 is 0 Å². The topological polar surface area (TPSA) is 58.6 Å². The standard InChI is InChI=1S/C25H33FN2O3S/c1-4-6-15-27-25(30)23(5-2)28(16-19-7-11-21(26)12-8-19)24(29)18-32-17-20-9-13-22(31-3)14-10-20/h7-14,23H,4-6,15-18H2,1-3H3,(H,27,30)/t23-/m0/s1. The maximum absolute atomic E-state index is 13.3. The molecule has 0 saturated heterocycles. The van der Waals surface area contributed by atoms with Crippen LogP contribution in [0.4, 0.5) is 4.39 Å². The number of ether oxygens (including phenoxy) is 1. The molecule has 0 fully saturated rings. The Labute approximate surface area is 194 Å². The summed E-state index contributed by atoms with van der Waals surface area (Å²) in [6, 6.07) is 13.2. The molecule has 2 amide bonds. The Morgan fingerprint density at radius 2 is 1.72 bits per heavy atom. The molecule has 0 bridgehead atoms. The van der Waals surface area contributed by atoms with Crippen molar-refractivity contribution in [2.24, 2.45) is 0 Å². The van der Waals surface area contributed by atoms with Crippen LogP contribution in [0.25, 0.3) is 0 Å². The SMILES string of the molecule is CCCCNC(=O)[C@H](CC)N(Cc1ccc(F)cc1)C(=O)CSCc1ccc(OC)cc1. The van der Waals surface area contributed by atoms with E-state index in [2.05, 4.69) is 12.2 Å². The van der Waals surface area contributed by atoms with Gasteiger partial charge in [-0.15, -0.1) is 11.8 Å². The first-order chi connectivity index (χ1) is 15.5. The lowest BCUT2D eigenvalue weighted by atomic mass is 10.1. The lowest BCUT2D eigenvalue weighted by Crippen LogP contribution is -2.49. The molecule has 2 aromatic rings. The van der Waals surface area contributed by atoms with Gasteiger partial charge in [-0.05, 0) is 48.2 Å². The minimum absolute atomic E-state index is 0.106. The summed E-state index contributed by atoms with van der Waals surface area (Å²) in [5.41, 5.74) is 1.89. The van der Waals surface area contributed by atoms with Gasteiger partial charge in [0.05, 0.1) is 12.9 Å². The third-order valence-corrected chi connectivity index (χ3v) is 6.12. The van der Waals surface area contributed by atoms with E-state index in [4.69, 9.17) is 4.74 Å². The number of amides is 2. The van der Waals surface area contributed by atoms with Crippen LogP contribution in [0, 0.1) is 5.82 Å². The first-order valence-electron chi connectivity index (χ1n) is 11.0. The molecule has 0 radical (unpaired) electrons. The van der Waals surface area contributed by atoms with Gasteiger partial charge in [-0.1, -0.05) is 44.5 Å². The van der Waals surface area contributed by atoms with Crippen molar-refractivity contribution < 1.29 is 18.7 Å². The largest absolute Gasteiger partial charge is 0.497 e. The molecule has 174 valence electrons. The molecule has 0 unspecified atom stereocenters. The number of unbranched alkanes of at least 4 members (excludes halogenated alkanes) is 1. The molecule has 1 N–H and O–H groups in total. The van der Waals surface area contributed by atoms with Gasteiger partial charge in [0.2, 0.25) is 11.8 Å². The number of hydrogen-bond donors (Lipinski definition) is 1. The zero-order valence-corrected chi connectivity index (χ0v) is 19.9. The van der Waals surface area contributed by atoms with Crippen LogP contribution in [0.5, 0.6) is 5.75 Å². The molecule has 32 heavy (non-hydrogen) atoms. The number of carbonyl (C=O) groups excluding carboxylic acids is 2. The quantitative estimate of drug-likeness (QED) is 0.437. The van der Waals surface area contributed by atoms with Gasteiger partial charge in [0.25, 0.3) is 0 Å².